The molecule has 0 aliphatic rings. The zero-order valence-corrected chi connectivity index (χ0v) is 7.42. The van der Waals surface area contributed by atoms with Gasteiger partial charge in [-0.15, -0.1) is 0 Å². The number of rotatable bonds is 4. The van der Waals surface area contributed by atoms with Gasteiger partial charge in [-0.3, -0.25) is 0 Å². The van der Waals surface area contributed by atoms with Crippen molar-refractivity contribution in [3.63, 3.8) is 0 Å². The SMILES string of the molecule is CCCC(C)C=C(C)C(=O)O. The van der Waals surface area contributed by atoms with E-state index in [4.69, 9.17) is 5.11 Å². The highest BCUT2D eigenvalue weighted by molar-refractivity contribution is 5.85. The number of aliphatic carboxylic acids is 1. The molecule has 0 aliphatic carbocycles. The van der Waals surface area contributed by atoms with E-state index in [9.17, 15) is 4.79 Å². The van der Waals surface area contributed by atoms with Gasteiger partial charge in [-0.25, -0.2) is 4.79 Å². The van der Waals surface area contributed by atoms with Crippen LogP contribution in [0.5, 0.6) is 0 Å². The van der Waals surface area contributed by atoms with E-state index in [1.54, 1.807) is 6.92 Å². The number of hydrogen-bond acceptors (Lipinski definition) is 1. The molecule has 1 atom stereocenters. The average molecular weight is 156 g/mol. The van der Waals surface area contributed by atoms with Crippen LogP contribution in [0, 0.1) is 5.92 Å². The highest BCUT2D eigenvalue weighted by atomic mass is 16.4. The second-order valence-corrected chi connectivity index (χ2v) is 2.92. The van der Waals surface area contributed by atoms with Crippen molar-refractivity contribution in [3.05, 3.63) is 11.6 Å². The van der Waals surface area contributed by atoms with Crippen LogP contribution in [0.4, 0.5) is 0 Å². The third-order valence-electron chi connectivity index (χ3n) is 1.62. The highest BCUT2D eigenvalue weighted by Crippen LogP contribution is 2.09. The van der Waals surface area contributed by atoms with Crippen LogP contribution >= 0.6 is 0 Å². The van der Waals surface area contributed by atoms with E-state index in [2.05, 4.69) is 6.92 Å². The lowest BCUT2D eigenvalue weighted by Gasteiger charge is -2.03. The summed E-state index contributed by atoms with van der Waals surface area (Å²) in [5.74, 6) is -0.427. The molecule has 0 radical (unpaired) electrons. The Labute approximate surface area is 67.9 Å². The Hall–Kier alpha value is -0.790. The summed E-state index contributed by atoms with van der Waals surface area (Å²) in [6, 6.07) is 0. The standard InChI is InChI=1S/C9H16O2/c1-4-5-7(2)6-8(3)9(10)11/h6-7H,4-5H2,1-3H3,(H,10,11). The van der Waals surface area contributed by atoms with Gasteiger partial charge in [0.25, 0.3) is 0 Å². The van der Waals surface area contributed by atoms with Crippen LogP contribution in [0.3, 0.4) is 0 Å². The fraction of sp³-hybridized carbons (Fsp3) is 0.667. The smallest absolute Gasteiger partial charge is 0.330 e. The largest absolute Gasteiger partial charge is 0.478 e. The van der Waals surface area contributed by atoms with Crippen molar-refractivity contribution in [2.24, 2.45) is 5.92 Å². The molecule has 11 heavy (non-hydrogen) atoms. The van der Waals surface area contributed by atoms with Gasteiger partial charge in [0.1, 0.15) is 0 Å². The fourth-order valence-corrected chi connectivity index (χ4v) is 1.04. The molecule has 0 aromatic rings. The third-order valence-corrected chi connectivity index (χ3v) is 1.62. The summed E-state index contributed by atoms with van der Waals surface area (Å²) in [6.07, 6.45) is 3.97. The first-order valence-electron chi connectivity index (χ1n) is 3.99. The molecule has 0 spiro atoms. The van der Waals surface area contributed by atoms with Gasteiger partial charge in [0.2, 0.25) is 0 Å². The number of carboxylic acid groups (broad SMARTS) is 1. The van der Waals surface area contributed by atoms with E-state index in [1.165, 1.54) is 0 Å². The second kappa shape index (κ2) is 4.94. The zero-order valence-electron chi connectivity index (χ0n) is 7.42. The summed E-state index contributed by atoms with van der Waals surface area (Å²) in [4.78, 5) is 10.4. The number of hydrogen-bond donors (Lipinski definition) is 1. The van der Waals surface area contributed by atoms with Crippen molar-refractivity contribution in [2.75, 3.05) is 0 Å². The van der Waals surface area contributed by atoms with Crippen LogP contribution in [-0.2, 0) is 4.79 Å². The van der Waals surface area contributed by atoms with Crippen LogP contribution < -0.4 is 0 Å². The van der Waals surface area contributed by atoms with Crippen molar-refractivity contribution >= 4 is 5.97 Å². The van der Waals surface area contributed by atoms with E-state index in [0.29, 0.717) is 11.5 Å². The van der Waals surface area contributed by atoms with Crippen molar-refractivity contribution in [1.29, 1.82) is 0 Å². The van der Waals surface area contributed by atoms with E-state index in [1.807, 2.05) is 13.0 Å². The van der Waals surface area contributed by atoms with Crippen molar-refractivity contribution < 1.29 is 9.90 Å². The van der Waals surface area contributed by atoms with Crippen LogP contribution in [0.2, 0.25) is 0 Å². The summed E-state index contributed by atoms with van der Waals surface area (Å²) in [7, 11) is 0. The van der Waals surface area contributed by atoms with Crippen molar-refractivity contribution in [3.8, 4) is 0 Å². The highest BCUT2D eigenvalue weighted by Gasteiger charge is 2.02. The van der Waals surface area contributed by atoms with Gasteiger partial charge in [-0.05, 0) is 19.3 Å². The Morgan fingerprint density at radius 2 is 2.18 bits per heavy atom. The van der Waals surface area contributed by atoms with E-state index >= 15 is 0 Å². The maximum atomic E-state index is 10.4. The molecule has 0 aromatic heterocycles. The second-order valence-electron chi connectivity index (χ2n) is 2.92. The minimum atomic E-state index is -0.812. The van der Waals surface area contributed by atoms with Gasteiger partial charge >= 0.3 is 5.97 Å². The first-order chi connectivity index (χ1) is 5.07. The third kappa shape index (κ3) is 4.59. The summed E-state index contributed by atoms with van der Waals surface area (Å²) in [6.45, 7) is 5.77. The van der Waals surface area contributed by atoms with E-state index < -0.39 is 5.97 Å². The molecule has 0 aromatic carbocycles. The minimum absolute atomic E-state index is 0.385. The molecule has 2 heteroatoms. The van der Waals surface area contributed by atoms with Crippen molar-refractivity contribution in [2.45, 2.75) is 33.6 Å². The Bertz CT molecular complexity index is 159. The van der Waals surface area contributed by atoms with Crippen molar-refractivity contribution in [1.82, 2.24) is 0 Å². The molecule has 0 rings (SSSR count). The minimum Gasteiger partial charge on any atom is -0.478 e. The molecule has 0 bridgehead atoms. The van der Waals surface area contributed by atoms with Gasteiger partial charge in [0.15, 0.2) is 0 Å². The monoisotopic (exact) mass is 156 g/mol. The summed E-state index contributed by atoms with van der Waals surface area (Å²) < 4.78 is 0. The van der Waals surface area contributed by atoms with Crippen LogP contribution in [0.1, 0.15) is 33.6 Å². The molecule has 0 saturated carbocycles. The van der Waals surface area contributed by atoms with Gasteiger partial charge in [-0.2, -0.15) is 0 Å². The van der Waals surface area contributed by atoms with Gasteiger partial charge < -0.3 is 5.11 Å². The van der Waals surface area contributed by atoms with E-state index in [0.717, 1.165) is 12.8 Å². The normalized spacial score (nSPS) is 14.6. The molecule has 0 aliphatic heterocycles. The quantitative estimate of drug-likeness (QED) is 0.635. The molecule has 1 unspecified atom stereocenters. The summed E-state index contributed by atoms with van der Waals surface area (Å²) >= 11 is 0. The summed E-state index contributed by atoms with van der Waals surface area (Å²) in [5.41, 5.74) is 0.450. The molecular weight excluding hydrogens is 140 g/mol. The Morgan fingerprint density at radius 1 is 1.64 bits per heavy atom. The predicted molar refractivity (Wildman–Crippen MR) is 45.5 cm³/mol. The molecule has 64 valence electrons. The van der Waals surface area contributed by atoms with Gasteiger partial charge in [0, 0.05) is 5.57 Å². The molecule has 0 fully saturated rings. The zero-order chi connectivity index (χ0) is 8.85. The molecule has 2 nitrogen and oxygen atoms in total. The lowest BCUT2D eigenvalue weighted by Crippen LogP contribution is -1.99. The molecular formula is C9H16O2. The molecule has 1 N–H and O–H groups in total. The topological polar surface area (TPSA) is 37.3 Å². The van der Waals surface area contributed by atoms with Gasteiger partial charge in [-0.1, -0.05) is 26.3 Å². The molecule has 0 saturated heterocycles. The first-order valence-corrected chi connectivity index (χ1v) is 3.99. The summed E-state index contributed by atoms with van der Waals surface area (Å²) in [5, 5.41) is 8.53. The van der Waals surface area contributed by atoms with Crippen LogP contribution in [-0.4, -0.2) is 11.1 Å². The molecule has 0 amide bonds. The predicted octanol–water partition coefficient (Wildman–Crippen LogP) is 2.45. The fourth-order valence-electron chi connectivity index (χ4n) is 1.04. The van der Waals surface area contributed by atoms with Gasteiger partial charge in [0.05, 0.1) is 0 Å². The number of carbonyl (C=O) groups is 1. The maximum Gasteiger partial charge on any atom is 0.330 e. The molecule has 0 heterocycles. The maximum absolute atomic E-state index is 10.4. The average Bonchev–Trinajstić information content (AvgIpc) is 1.87. The van der Waals surface area contributed by atoms with Crippen LogP contribution in [0.25, 0.3) is 0 Å². The number of allylic oxidation sites excluding steroid dienone is 1. The van der Waals surface area contributed by atoms with Crippen LogP contribution in [0.15, 0.2) is 11.6 Å². The first kappa shape index (κ1) is 10.2. The lowest BCUT2D eigenvalue weighted by molar-refractivity contribution is -0.132. The Morgan fingerprint density at radius 3 is 2.55 bits per heavy atom. The lowest BCUT2D eigenvalue weighted by atomic mass is 10.0. The Balaban J connectivity index is 3.96. The number of carboxylic acids is 1. The Kier molecular flexibility index (Phi) is 4.59. The van der Waals surface area contributed by atoms with E-state index in [-0.39, 0.29) is 0 Å².